The molecule has 0 heterocycles. The van der Waals surface area contributed by atoms with E-state index in [1.54, 1.807) is 0 Å². The van der Waals surface area contributed by atoms with E-state index < -0.39 is 6.10 Å². The Kier molecular flexibility index (Phi) is 4.94. The number of ether oxygens (including phenoxy) is 1. The van der Waals surface area contributed by atoms with Gasteiger partial charge in [-0.05, 0) is 12.5 Å². The van der Waals surface area contributed by atoms with Gasteiger partial charge in [-0.1, -0.05) is 30.3 Å². The van der Waals surface area contributed by atoms with Gasteiger partial charge >= 0.3 is 0 Å². The van der Waals surface area contributed by atoms with Gasteiger partial charge in [0.15, 0.2) is 0 Å². The Morgan fingerprint density at radius 2 is 2.00 bits per heavy atom. The van der Waals surface area contributed by atoms with E-state index in [2.05, 4.69) is 0 Å². The molecule has 2 nitrogen and oxygen atoms in total. The molecule has 0 bridgehead atoms. The van der Waals surface area contributed by atoms with Crippen LogP contribution in [0.4, 0.5) is 0 Å². The molecule has 0 aliphatic carbocycles. The summed E-state index contributed by atoms with van der Waals surface area (Å²) in [5.41, 5.74) is 1.10. The van der Waals surface area contributed by atoms with Crippen LogP contribution in [0.5, 0.6) is 0 Å². The number of halogens is 1. The first-order chi connectivity index (χ1) is 6.74. The second-order valence-corrected chi connectivity index (χ2v) is 3.53. The van der Waals surface area contributed by atoms with Crippen LogP contribution in [0.25, 0.3) is 0 Å². The van der Waals surface area contributed by atoms with Crippen LogP contribution in [-0.2, 0) is 11.3 Å². The smallest absolute Gasteiger partial charge is 0.0934 e. The lowest BCUT2D eigenvalue weighted by Crippen LogP contribution is -2.27. The van der Waals surface area contributed by atoms with Crippen molar-refractivity contribution in [3.8, 4) is 0 Å². The molecular weight excluding hydrogens is 200 g/mol. The number of hydrogen-bond acceptors (Lipinski definition) is 2. The Morgan fingerprint density at radius 1 is 1.36 bits per heavy atom. The molecule has 0 aliphatic rings. The number of alkyl halides is 1. The number of aliphatic hydroxyl groups excluding tert-OH is 1. The SMILES string of the molecule is CC(OCc1ccccc1)C(O)CCl. The summed E-state index contributed by atoms with van der Waals surface area (Å²) in [6.45, 7) is 2.33. The first-order valence-electron chi connectivity index (χ1n) is 4.63. The van der Waals surface area contributed by atoms with Gasteiger partial charge in [0.2, 0.25) is 0 Å². The summed E-state index contributed by atoms with van der Waals surface area (Å²) in [5, 5.41) is 9.35. The number of rotatable bonds is 5. The lowest BCUT2D eigenvalue weighted by molar-refractivity contribution is -0.0254. The lowest BCUT2D eigenvalue weighted by Gasteiger charge is -2.17. The molecule has 78 valence electrons. The van der Waals surface area contributed by atoms with Gasteiger partial charge in [-0.25, -0.2) is 0 Å². The molecule has 0 aliphatic heterocycles. The summed E-state index contributed by atoms with van der Waals surface area (Å²) in [5.74, 6) is 0.204. The van der Waals surface area contributed by atoms with Gasteiger partial charge in [-0.3, -0.25) is 0 Å². The maximum Gasteiger partial charge on any atom is 0.0934 e. The van der Waals surface area contributed by atoms with Crippen LogP contribution < -0.4 is 0 Å². The second kappa shape index (κ2) is 6.02. The normalized spacial score (nSPS) is 15.1. The van der Waals surface area contributed by atoms with Crippen molar-refractivity contribution in [1.29, 1.82) is 0 Å². The third kappa shape index (κ3) is 3.66. The molecular formula is C11H15ClO2. The van der Waals surface area contributed by atoms with E-state index in [1.165, 1.54) is 0 Å². The molecule has 14 heavy (non-hydrogen) atoms. The van der Waals surface area contributed by atoms with Gasteiger partial charge in [0.1, 0.15) is 0 Å². The molecule has 1 aromatic carbocycles. The van der Waals surface area contributed by atoms with Crippen LogP contribution in [-0.4, -0.2) is 23.2 Å². The van der Waals surface area contributed by atoms with Crippen LogP contribution in [0.1, 0.15) is 12.5 Å². The molecule has 0 saturated carbocycles. The molecule has 0 saturated heterocycles. The van der Waals surface area contributed by atoms with E-state index in [-0.39, 0.29) is 12.0 Å². The zero-order valence-electron chi connectivity index (χ0n) is 8.19. The molecule has 0 fully saturated rings. The summed E-state index contributed by atoms with van der Waals surface area (Å²) in [7, 11) is 0. The van der Waals surface area contributed by atoms with Gasteiger partial charge in [0.05, 0.1) is 24.7 Å². The van der Waals surface area contributed by atoms with E-state index in [0.717, 1.165) is 5.56 Å². The third-order valence-corrected chi connectivity index (χ3v) is 2.37. The maximum absolute atomic E-state index is 9.35. The first-order valence-corrected chi connectivity index (χ1v) is 5.17. The van der Waals surface area contributed by atoms with Crippen molar-refractivity contribution in [1.82, 2.24) is 0 Å². The third-order valence-electron chi connectivity index (χ3n) is 2.06. The summed E-state index contributed by atoms with van der Waals surface area (Å²) < 4.78 is 5.45. The van der Waals surface area contributed by atoms with Crippen molar-refractivity contribution in [2.75, 3.05) is 5.88 Å². The van der Waals surface area contributed by atoms with E-state index in [4.69, 9.17) is 16.3 Å². The van der Waals surface area contributed by atoms with Crippen molar-refractivity contribution in [2.24, 2.45) is 0 Å². The first kappa shape index (κ1) is 11.5. The number of benzene rings is 1. The quantitative estimate of drug-likeness (QED) is 0.762. The minimum Gasteiger partial charge on any atom is -0.389 e. The van der Waals surface area contributed by atoms with Crippen molar-refractivity contribution in [3.63, 3.8) is 0 Å². The summed E-state index contributed by atoms with van der Waals surface area (Å²) in [6, 6.07) is 9.85. The van der Waals surface area contributed by atoms with E-state index in [1.807, 2.05) is 37.3 Å². The Labute approximate surface area is 89.5 Å². The molecule has 1 rings (SSSR count). The van der Waals surface area contributed by atoms with Gasteiger partial charge in [-0.2, -0.15) is 0 Å². The lowest BCUT2D eigenvalue weighted by atomic mass is 10.2. The predicted molar refractivity (Wildman–Crippen MR) is 57.4 cm³/mol. The fourth-order valence-corrected chi connectivity index (χ4v) is 1.29. The maximum atomic E-state index is 9.35. The largest absolute Gasteiger partial charge is 0.389 e. The highest BCUT2D eigenvalue weighted by Gasteiger charge is 2.12. The van der Waals surface area contributed by atoms with Crippen molar-refractivity contribution < 1.29 is 9.84 Å². The van der Waals surface area contributed by atoms with Gasteiger partial charge in [0, 0.05) is 0 Å². The van der Waals surface area contributed by atoms with E-state index in [9.17, 15) is 5.11 Å². The molecule has 0 radical (unpaired) electrons. The molecule has 2 atom stereocenters. The van der Waals surface area contributed by atoms with Crippen LogP contribution in [0.2, 0.25) is 0 Å². The summed E-state index contributed by atoms with van der Waals surface area (Å²) in [6.07, 6.45) is -0.826. The molecule has 0 aromatic heterocycles. The molecule has 0 spiro atoms. The highest BCUT2D eigenvalue weighted by molar-refractivity contribution is 6.18. The van der Waals surface area contributed by atoms with Gasteiger partial charge < -0.3 is 9.84 Å². The second-order valence-electron chi connectivity index (χ2n) is 3.22. The van der Waals surface area contributed by atoms with Crippen LogP contribution in [0.3, 0.4) is 0 Å². The van der Waals surface area contributed by atoms with Crippen molar-refractivity contribution >= 4 is 11.6 Å². The Balaban J connectivity index is 2.34. The summed E-state index contributed by atoms with van der Waals surface area (Å²) >= 11 is 5.50. The molecule has 2 unspecified atom stereocenters. The van der Waals surface area contributed by atoms with E-state index >= 15 is 0 Å². The fraction of sp³-hybridized carbons (Fsp3) is 0.455. The Bertz CT molecular complexity index is 251. The molecule has 1 N–H and O–H groups in total. The van der Waals surface area contributed by atoms with Gasteiger partial charge in [0.25, 0.3) is 0 Å². The number of hydrogen-bond donors (Lipinski definition) is 1. The Hall–Kier alpha value is -0.570. The monoisotopic (exact) mass is 214 g/mol. The van der Waals surface area contributed by atoms with E-state index in [0.29, 0.717) is 6.61 Å². The van der Waals surface area contributed by atoms with Crippen LogP contribution in [0.15, 0.2) is 30.3 Å². The topological polar surface area (TPSA) is 29.5 Å². The highest BCUT2D eigenvalue weighted by atomic mass is 35.5. The zero-order chi connectivity index (χ0) is 10.4. The zero-order valence-corrected chi connectivity index (χ0v) is 8.95. The highest BCUT2D eigenvalue weighted by Crippen LogP contribution is 2.06. The molecule has 0 amide bonds. The van der Waals surface area contributed by atoms with Crippen LogP contribution in [0, 0.1) is 0 Å². The minimum atomic E-state index is -0.597. The summed E-state index contributed by atoms with van der Waals surface area (Å²) in [4.78, 5) is 0. The fourth-order valence-electron chi connectivity index (χ4n) is 1.04. The standard InChI is InChI=1S/C11H15ClO2/c1-9(11(13)7-12)14-8-10-5-3-2-4-6-10/h2-6,9,11,13H,7-8H2,1H3. The van der Waals surface area contributed by atoms with Crippen molar-refractivity contribution in [3.05, 3.63) is 35.9 Å². The average Bonchev–Trinajstić information content (AvgIpc) is 2.26. The minimum absolute atomic E-state index is 0.204. The average molecular weight is 215 g/mol. The van der Waals surface area contributed by atoms with Crippen molar-refractivity contribution in [2.45, 2.75) is 25.7 Å². The van der Waals surface area contributed by atoms with Crippen LogP contribution >= 0.6 is 11.6 Å². The molecule has 1 aromatic rings. The predicted octanol–water partition coefficient (Wildman–Crippen LogP) is 2.19. The Morgan fingerprint density at radius 3 is 2.57 bits per heavy atom. The molecule has 3 heteroatoms. The number of aliphatic hydroxyl groups is 1. The van der Waals surface area contributed by atoms with Gasteiger partial charge in [-0.15, -0.1) is 11.6 Å².